The van der Waals surface area contributed by atoms with Crippen LogP contribution in [0, 0.1) is 0 Å². The first-order valence-corrected chi connectivity index (χ1v) is 9.10. The van der Waals surface area contributed by atoms with Gasteiger partial charge >= 0.3 is 0 Å². The summed E-state index contributed by atoms with van der Waals surface area (Å²) < 4.78 is 0. The van der Waals surface area contributed by atoms with Crippen molar-refractivity contribution in [3.63, 3.8) is 0 Å². The lowest BCUT2D eigenvalue weighted by atomic mass is 10.1. The highest BCUT2D eigenvalue weighted by Gasteiger charge is 2.38. The summed E-state index contributed by atoms with van der Waals surface area (Å²) in [5.41, 5.74) is 2.54. The predicted molar refractivity (Wildman–Crippen MR) is 103 cm³/mol. The smallest absolute Gasteiger partial charge is 0.262 e. The summed E-state index contributed by atoms with van der Waals surface area (Å²) in [7, 11) is 0. The van der Waals surface area contributed by atoms with E-state index in [1.807, 2.05) is 24.3 Å². The Labute approximate surface area is 158 Å². The van der Waals surface area contributed by atoms with Crippen molar-refractivity contribution in [3.8, 4) is 0 Å². The summed E-state index contributed by atoms with van der Waals surface area (Å²) >= 11 is 0. The Kier molecular flexibility index (Phi) is 4.18. The first-order valence-electron chi connectivity index (χ1n) is 9.10. The van der Waals surface area contributed by atoms with E-state index in [4.69, 9.17) is 0 Å². The maximum absolute atomic E-state index is 13.0. The van der Waals surface area contributed by atoms with Crippen LogP contribution >= 0.6 is 0 Å². The van der Waals surface area contributed by atoms with Gasteiger partial charge in [-0.15, -0.1) is 0 Å². The molecule has 0 atom stereocenters. The maximum atomic E-state index is 13.0. The Balaban J connectivity index is 1.59. The van der Waals surface area contributed by atoms with Crippen LogP contribution < -0.4 is 9.80 Å². The van der Waals surface area contributed by atoms with E-state index >= 15 is 0 Å². The highest BCUT2D eigenvalue weighted by Crippen LogP contribution is 2.34. The van der Waals surface area contributed by atoms with E-state index in [1.165, 1.54) is 0 Å². The number of para-hydroxylation sites is 2. The first kappa shape index (κ1) is 17.3. The minimum absolute atomic E-state index is 0.248. The molecule has 0 aliphatic carbocycles. The van der Waals surface area contributed by atoms with Gasteiger partial charge in [-0.25, -0.2) is 0 Å². The zero-order chi connectivity index (χ0) is 19.1. The van der Waals surface area contributed by atoms with Gasteiger partial charge in [0.05, 0.1) is 22.5 Å². The fourth-order valence-corrected chi connectivity index (χ4v) is 3.78. The van der Waals surface area contributed by atoms with Crippen molar-refractivity contribution in [3.05, 3.63) is 59.7 Å². The van der Waals surface area contributed by atoms with Crippen molar-refractivity contribution >= 4 is 29.1 Å². The van der Waals surface area contributed by atoms with Crippen molar-refractivity contribution in [1.29, 1.82) is 0 Å². The second-order valence-electron chi connectivity index (χ2n) is 7.06. The van der Waals surface area contributed by atoms with Crippen LogP contribution in [-0.2, 0) is 4.79 Å². The lowest BCUT2D eigenvalue weighted by Crippen LogP contribution is -2.50. The van der Waals surface area contributed by atoms with E-state index in [-0.39, 0.29) is 12.5 Å². The van der Waals surface area contributed by atoms with Crippen LogP contribution in [0.25, 0.3) is 0 Å². The summed E-state index contributed by atoms with van der Waals surface area (Å²) in [5.74, 6) is -1.06. The quantitative estimate of drug-likeness (QED) is 0.787. The highest BCUT2D eigenvalue weighted by atomic mass is 16.2. The van der Waals surface area contributed by atoms with Gasteiger partial charge in [-0.1, -0.05) is 24.3 Å². The van der Waals surface area contributed by atoms with Crippen molar-refractivity contribution in [2.45, 2.75) is 19.9 Å². The van der Waals surface area contributed by atoms with Crippen LogP contribution in [0.4, 0.5) is 11.4 Å². The predicted octanol–water partition coefficient (Wildman–Crippen LogP) is 2.54. The standard InChI is InChI=1S/C21H21N3O3/c1-14(2)22-11-12-23(18-10-6-5-9-17(18)22)19(25)13-24-20(26)15-7-3-4-8-16(15)21(24)27/h3-10,14H,11-13H2,1-2H3. The third kappa shape index (κ3) is 2.77. The Bertz CT molecular complexity index is 903. The lowest BCUT2D eigenvalue weighted by molar-refractivity contribution is -0.119. The van der Waals surface area contributed by atoms with Crippen LogP contribution in [0.3, 0.4) is 0 Å². The van der Waals surface area contributed by atoms with E-state index in [0.717, 1.165) is 16.3 Å². The minimum atomic E-state index is -0.405. The van der Waals surface area contributed by atoms with Crippen molar-refractivity contribution in [2.24, 2.45) is 0 Å². The topological polar surface area (TPSA) is 60.9 Å². The summed E-state index contributed by atoms with van der Waals surface area (Å²) in [6, 6.07) is 14.7. The lowest BCUT2D eigenvalue weighted by Gasteiger charge is -2.40. The second-order valence-corrected chi connectivity index (χ2v) is 7.06. The van der Waals surface area contributed by atoms with Gasteiger partial charge in [0.15, 0.2) is 0 Å². The van der Waals surface area contributed by atoms with E-state index in [9.17, 15) is 14.4 Å². The monoisotopic (exact) mass is 363 g/mol. The molecule has 6 nitrogen and oxygen atoms in total. The number of amides is 3. The number of carbonyl (C=O) groups is 3. The van der Waals surface area contributed by atoms with Gasteiger partial charge in [-0.2, -0.15) is 0 Å². The average molecular weight is 363 g/mol. The Morgan fingerprint density at radius 1 is 0.889 bits per heavy atom. The summed E-state index contributed by atoms with van der Waals surface area (Å²) in [6.45, 7) is 5.22. The Morgan fingerprint density at radius 3 is 2.04 bits per heavy atom. The SMILES string of the molecule is CC(C)N1CCN(C(=O)CN2C(=O)c3ccccc3C2=O)c2ccccc21. The van der Waals surface area contributed by atoms with Gasteiger partial charge < -0.3 is 9.80 Å². The van der Waals surface area contributed by atoms with Crippen molar-refractivity contribution in [1.82, 2.24) is 4.90 Å². The molecule has 0 saturated carbocycles. The third-order valence-corrected chi connectivity index (χ3v) is 5.14. The zero-order valence-electron chi connectivity index (χ0n) is 15.4. The number of fused-ring (bicyclic) bond motifs is 2. The average Bonchev–Trinajstić information content (AvgIpc) is 2.92. The van der Waals surface area contributed by atoms with E-state index < -0.39 is 11.8 Å². The molecule has 0 N–H and O–H groups in total. The molecule has 6 heteroatoms. The number of hydrogen-bond acceptors (Lipinski definition) is 4. The molecule has 138 valence electrons. The Hall–Kier alpha value is -3.15. The number of carbonyl (C=O) groups excluding carboxylic acids is 3. The molecular formula is C21H21N3O3. The molecule has 0 saturated heterocycles. The number of hydrogen-bond donors (Lipinski definition) is 0. The van der Waals surface area contributed by atoms with Gasteiger partial charge in [0, 0.05) is 19.1 Å². The molecule has 0 unspecified atom stereocenters. The molecule has 2 heterocycles. The van der Waals surface area contributed by atoms with Crippen molar-refractivity contribution < 1.29 is 14.4 Å². The molecule has 0 fully saturated rings. The van der Waals surface area contributed by atoms with Crippen LogP contribution in [0.15, 0.2) is 48.5 Å². The Morgan fingerprint density at radius 2 is 1.44 bits per heavy atom. The van der Waals surface area contributed by atoms with E-state index in [0.29, 0.717) is 30.3 Å². The van der Waals surface area contributed by atoms with Crippen LogP contribution in [0.2, 0.25) is 0 Å². The third-order valence-electron chi connectivity index (χ3n) is 5.14. The molecule has 0 aromatic heterocycles. The largest absolute Gasteiger partial charge is 0.366 e. The fourth-order valence-electron chi connectivity index (χ4n) is 3.78. The highest BCUT2D eigenvalue weighted by molar-refractivity contribution is 6.22. The summed E-state index contributed by atoms with van der Waals surface area (Å²) in [6.07, 6.45) is 0. The van der Waals surface area contributed by atoms with Gasteiger partial charge in [0.2, 0.25) is 5.91 Å². The number of imide groups is 1. The molecule has 2 aromatic carbocycles. The maximum Gasteiger partial charge on any atom is 0.262 e. The molecular weight excluding hydrogens is 342 g/mol. The minimum Gasteiger partial charge on any atom is -0.366 e. The summed E-state index contributed by atoms with van der Waals surface area (Å²) in [4.78, 5) is 43.0. The molecule has 4 rings (SSSR count). The first-order chi connectivity index (χ1) is 13.0. The molecule has 2 aliphatic rings. The molecule has 0 radical (unpaired) electrons. The molecule has 27 heavy (non-hydrogen) atoms. The molecule has 2 aromatic rings. The molecule has 3 amide bonds. The van der Waals surface area contributed by atoms with Gasteiger partial charge in [0.1, 0.15) is 6.54 Å². The number of anilines is 2. The van der Waals surface area contributed by atoms with Crippen LogP contribution in [0.5, 0.6) is 0 Å². The zero-order valence-corrected chi connectivity index (χ0v) is 15.4. The normalized spacial score (nSPS) is 16.0. The van der Waals surface area contributed by atoms with Crippen LogP contribution in [-0.4, -0.2) is 48.3 Å². The molecule has 0 bridgehead atoms. The number of nitrogens with zero attached hydrogens (tertiary/aromatic N) is 3. The van der Waals surface area contributed by atoms with E-state index in [1.54, 1.807) is 29.2 Å². The van der Waals surface area contributed by atoms with Gasteiger partial charge in [-0.3, -0.25) is 19.3 Å². The number of rotatable bonds is 3. The van der Waals surface area contributed by atoms with E-state index in [2.05, 4.69) is 18.7 Å². The molecule has 0 spiro atoms. The van der Waals surface area contributed by atoms with Crippen LogP contribution in [0.1, 0.15) is 34.6 Å². The fraction of sp³-hybridized carbons (Fsp3) is 0.286. The number of benzene rings is 2. The van der Waals surface area contributed by atoms with Gasteiger partial charge in [0.25, 0.3) is 11.8 Å². The molecule has 2 aliphatic heterocycles. The summed E-state index contributed by atoms with van der Waals surface area (Å²) in [5, 5.41) is 0. The second kappa shape index (κ2) is 6.54. The van der Waals surface area contributed by atoms with Crippen molar-refractivity contribution in [2.75, 3.05) is 29.4 Å². The van der Waals surface area contributed by atoms with Gasteiger partial charge in [-0.05, 0) is 38.1 Å².